The molecule has 1 heterocycles. The quantitative estimate of drug-likeness (QED) is 0.641. The van der Waals surface area contributed by atoms with Crippen LogP contribution in [0.1, 0.15) is 18.4 Å². The molecule has 1 aromatic carbocycles. The fraction of sp³-hybridized carbons (Fsp3) is 0.462. The number of carbonyl (C=O) groups is 1. The zero-order valence-electron chi connectivity index (χ0n) is 11.4. The van der Waals surface area contributed by atoms with E-state index >= 15 is 0 Å². The van der Waals surface area contributed by atoms with Crippen LogP contribution in [0.25, 0.3) is 0 Å². The van der Waals surface area contributed by atoms with Gasteiger partial charge in [0.2, 0.25) is 0 Å². The Morgan fingerprint density at radius 2 is 2.10 bits per heavy atom. The van der Waals surface area contributed by atoms with Gasteiger partial charge in [0, 0.05) is 6.00 Å². The van der Waals surface area contributed by atoms with E-state index in [9.17, 15) is 14.3 Å². The minimum atomic E-state index is -4.47. The summed E-state index contributed by atoms with van der Waals surface area (Å²) in [5, 5.41) is 0. The first kappa shape index (κ1) is 16.2. The average Bonchev–Trinajstić information content (AvgIpc) is 2.89. The van der Waals surface area contributed by atoms with Gasteiger partial charge in [0.15, 0.2) is 0 Å². The fourth-order valence-corrected chi connectivity index (χ4v) is 2.60. The van der Waals surface area contributed by atoms with E-state index < -0.39 is 13.3 Å². The highest BCUT2D eigenvalue weighted by Crippen LogP contribution is 2.44. The summed E-state index contributed by atoms with van der Waals surface area (Å²) in [5.41, 5.74) is -0.551. The van der Waals surface area contributed by atoms with Gasteiger partial charge >= 0.3 is 13.3 Å². The minimum absolute atomic E-state index is 0.0849. The van der Waals surface area contributed by atoms with Crippen molar-refractivity contribution in [3.05, 3.63) is 35.9 Å². The molecule has 2 radical (unpaired) electrons. The van der Waals surface area contributed by atoms with Gasteiger partial charge in [0.1, 0.15) is 14.5 Å². The van der Waals surface area contributed by atoms with Crippen LogP contribution in [-0.2, 0) is 25.2 Å². The third-order valence-electron chi connectivity index (χ3n) is 3.01. The Morgan fingerprint density at radius 3 is 2.71 bits per heavy atom. The van der Waals surface area contributed by atoms with Gasteiger partial charge in [-0.3, -0.25) is 4.52 Å². The maximum absolute atomic E-state index is 11.7. The van der Waals surface area contributed by atoms with Gasteiger partial charge in [-0.05, 0) is 18.4 Å². The summed E-state index contributed by atoms with van der Waals surface area (Å²) in [5.74, 6) is 0. The Morgan fingerprint density at radius 1 is 1.38 bits per heavy atom. The first-order chi connectivity index (χ1) is 9.97. The first-order valence-electron chi connectivity index (χ1n) is 6.57. The lowest BCUT2D eigenvalue weighted by atomic mass is 9.97. The van der Waals surface area contributed by atoms with Crippen molar-refractivity contribution < 1.29 is 28.3 Å². The molecule has 1 fully saturated rings. The molecule has 0 aliphatic carbocycles. The van der Waals surface area contributed by atoms with E-state index in [1.165, 1.54) is 0 Å². The molecule has 1 aliphatic heterocycles. The van der Waals surface area contributed by atoms with Crippen molar-refractivity contribution in [2.24, 2.45) is 0 Å². The van der Waals surface area contributed by atoms with Crippen molar-refractivity contribution in [3.63, 3.8) is 0 Å². The lowest BCUT2D eigenvalue weighted by Gasteiger charge is -2.15. The van der Waals surface area contributed by atoms with E-state index in [0.29, 0.717) is 12.8 Å². The molecular formula is C13H16BO6P. The van der Waals surface area contributed by atoms with Gasteiger partial charge < -0.3 is 14.4 Å². The molecule has 3 atom stereocenters. The van der Waals surface area contributed by atoms with Gasteiger partial charge in [-0.2, -0.15) is 0 Å². The van der Waals surface area contributed by atoms with Crippen LogP contribution in [-0.4, -0.2) is 37.2 Å². The molecule has 8 heteroatoms. The van der Waals surface area contributed by atoms with Crippen molar-refractivity contribution in [2.45, 2.75) is 31.6 Å². The average molecular weight is 310 g/mol. The second-order valence-electron chi connectivity index (χ2n) is 4.73. The normalized spacial score (nSPS) is 24.4. The maximum Gasteiger partial charge on any atom is 0.435 e. The van der Waals surface area contributed by atoms with Crippen LogP contribution >= 0.6 is 7.60 Å². The summed E-state index contributed by atoms with van der Waals surface area (Å²) in [7, 11) is 1.06. The number of hydrogen-bond acceptors (Lipinski definition) is 5. The Hall–Kier alpha value is -1.14. The molecule has 0 aromatic heterocycles. The number of rotatable bonds is 6. The Bertz CT molecular complexity index is 523. The molecule has 1 saturated heterocycles. The van der Waals surface area contributed by atoms with E-state index in [4.69, 9.17) is 21.8 Å². The molecule has 21 heavy (non-hydrogen) atoms. The van der Waals surface area contributed by atoms with Crippen molar-refractivity contribution in [2.75, 3.05) is 6.61 Å². The van der Waals surface area contributed by atoms with E-state index in [0.717, 1.165) is 5.56 Å². The lowest BCUT2D eigenvalue weighted by Crippen LogP contribution is -2.18. The predicted molar refractivity (Wildman–Crippen MR) is 76.1 cm³/mol. The molecule has 0 bridgehead atoms. The monoisotopic (exact) mass is 310 g/mol. The van der Waals surface area contributed by atoms with Gasteiger partial charge in [-0.25, -0.2) is 9.36 Å². The lowest BCUT2D eigenvalue weighted by molar-refractivity contribution is 0.0466. The Balaban J connectivity index is 1.78. The first-order valence-corrected chi connectivity index (χ1v) is 8.15. The van der Waals surface area contributed by atoms with Crippen molar-refractivity contribution in [1.82, 2.24) is 0 Å². The van der Waals surface area contributed by atoms with Crippen LogP contribution in [0.5, 0.6) is 0 Å². The van der Waals surface area contributed by atoms with Crippen LogP contribution < -0.4 is 0 Å². The summed E-state index contributed by atoms with van der Waals surface area (Å²) in [6.07, 6.45) is 0.907. The highest BCUT2D eigenvalue weighted by atomic mass is 31.2. The number of hydrogen-bond donors (Lipinski definition) is 1. The molecule has 1 N–H and O–H groups in total. The summed E-state index contributed by atoms with van der Waals surface area (Å²) in [6.45, 7) is -0.250. The Labute approximate surface area is 124 Å². The second-order valence-corrected chi connectivity index (χ2v) is 6.39. The minimum Gasteiger partial charge on any atom is -0.452 e. The maximum atomic E-state index is 11.7. The fourth-order valence-electron chi connectivity index (χ4n) is 1.89. The molecule has 1 unspecified atom stereocenters. The molecule has 0 saturated carbocycles. The standard InChI is InChI=1S/C13H16BO6P/c14-12-7-6-11(20-12)9-19-21(16,17)13(15)18-8-10-4-2-1-3-5-10/h1-5,11-12H,6-9H2,(H,16,17)/t11-,12+/m0/s1. The van der Waals surface area contributed by atoms with Crippen LogP contribution in [0.2, 0.25) is 0 Å². The zero-order valence-corrected chi connectivity index (χ0v) is 12.3. The summed E-state index contributed by atoms with van der Waals surface area (Å²) in [4.78, 5) is 21.1. The summed E-state index contributed by atoms with van der Waals surface area (Å²) in [6, 6.07) is 8.46. The van der Waals surface area contributed by atoms with Gasteiger partial charge in [0.25, 0.3) is 0 Å². The van der Waals surface area contributed by atoms with Gasteiger partial charge in [0.05, 0.1) is 12.7 Å². The molecule has 0 amide bonds. The smallest absolute Gasteiger partial charge is 0.435 e. The highest BCUT2D eigenvalue weighted by Gasteiger charge is 2.35. The van der Waals surface area contributed by atoms with Crippen LogP contribution in [0, 0.1) is 0 Å². The van der Waals surface area contributed by atoms with Gasteiger partial charge in [-0.15, -0.1) is 0 Å². The summed E-state index contributed by atoms with van der Waals surface area (Å²) < 4.78 is 26.5. The largest absolute Gasteiger partial charge is 0.452 e. The molecule has 1 aromatic rings. The van der Waals surface area contributed by atoms with E-state index in [2.05, 4.69) is 0 Å². The van der Waals surface area contributed by atoms with Crippen LogP contribution in [0.15, 0.2) is 30.3 Å². The summed E-state index contributed by atoms with van der Waals surface area (Å²) >= 11 is 0. The van der Waals surface area contributed by atoms with E-state index in [-0.39, 0.29) is 25.3 Å². The zero-order chi connectivity index (χ0) is 15.3. The number of benzene rings is 1. The Kier molecular flexibility index (Phi) is 5.59. The molecule has 112 valence electrons. The van der Waals surface area contributed by atoms with Crippen LogP contribution in [0.3, 0.4) is 0 Å². The van der Waals surface area contributed by atoms with Crippen LogP contribution in [0.4, 0.5) is 4.79 Å². The molecule has 0 spiro atoms. The highest BCUT2D eigenvalue weighted by molar-refractivity contribution is 7.70. The molecule has 2 rings (SSSR count). The topological polar surface area (TPSA) is 82.1 Å². The van der Waals surface area contributed by atoms with Crippen molar-refractivity contribution in [1.29, 1.82) is 0 Å². The molecule has 6 nitrogen and oxygen atoms in total. The third kappa shape index (κ3) is 4.97. The third-order valence-corrected chi connectivity index (χ3v) is 4.10. The molecular weight excluding hydrogens is 294 g/mol. The number of ether oxygens (including phenoxy) is 2. The SMILES string of the molecule is [B][C@H]1CC[C@@H](COP(=O)(O)C(=O)OCc2ccccc2)O1. The van der Waals surface area contributed by atoms with Crippen molar-refractivity contribution >= 4 is 21.2 Å². The van der Waals surface area contributed by atoms with Crippen molar-refractivity contribution in [3.8, 4) is 0 Å². The van der Waals surface area contributed by atoms with E-state index in [1.807, 2.05) is 6.07 Å². The number of carbonyl (C=O) groups excluding carboxylic acids is 1. The van der Waals surface area contributed by atoms with E-state index in [1.54, 1.807) is 24.3 Å². The predicted octanol–water partition coefficient (Wildman–Crippen LogP) is 2.20. The van der Waals surface area contributed by atoms with Gasteiger partial charge in [-0.1, -0.05) is 30.3 Å². The second kappa shape index (κ2) is 7.23. The molecule has 1 aliphatic rings.